The number of pyridine rings is 1. The molecule has 2 aliphatic rings. The summed E-state index contributed by atoms with van der Waals surface area (Å²) in [5.74, 6) is 0. The molecular weight excluding hydrogens is 318 g/mol. The van der Waals surface area contributed by atoms with Crippen molar-refractivity contribution in [1.29, 1.82) is 0 Å². The molecule has 0 atom stereocenters. The van der Waals surface area contributed by atoms with Gasteiger partial charge in [-0.1, -0.05) is 49.1 Å². The van der Waals surface area contributed by atoms with Crippen molar-refractivity contribution in [2.75, 3.05) is 26.2 Å². The predicted octanol–water partition coefficient (Wildman–Crippen LogP) is 4.34. The molecule has 3 nitrogen and oxygen atoms in total. The summed E-state index contributed by atoms with van der Waals surface area (Å²) in [7, 11) is 0. The molecule has 0 radical (unpaired) electrons. The standard InChI is InChI=1S/C20H26ClN3/c21-19-8-4-5-16-9-10-17(22-20(16)19)15-23-11-13-24(14-12-23)18-6-2-1-3-7-18/h4-5,8-10,18H,1-3,6-7,11-15H2. The number of piperazine rings is 1. The van der Waals surface area contributed by atoms with Crippen LogP contribution < -0.4 is 0 Å². The Balaban J connectivity index is 1.37. The van der Waals surface area contributed by atoms with Crippen molar-refractivity contribution in [2.45, 2.75) is 44.7 Å². The molecule has 128 valence electrons. The first kappa shape index (κ1) is 16.3. The second-order valence-electron chi connectivity index (χ2n) is 7.22. The van der Waals surface area contributed by atoms with Crippen LogP contribution in [-0.4, -0.2) is 47.0 Å². The second-order valence-corrected chi connectivity index (χ2v) is 7.63. The van der Waals surface area contributed by atoms with Gasteiger partial charge in [-0.2, -0.15) is 0 Å². The fourth-order valence-corrected chi connectivity index (χ4v) is 4.43. The summed E-state index contributed by atoms with van der Waals surface area (Å²) in [5, 5.41) is 1.87. The summed E-state index contributed by atoms with van der Waals surface area (Å²) in [5.41, 5.74) is 2.05. The molecule has 1 aliphatic carbocycles. The molecule has 0 unspecified atom stereocenters. The maximum atomic E-state index is 6.29. The van der Waals surface area contributed by atoms with Crippen LogP contribution in [0.5, 0.6) is 0 Å². The first-order valence-corrected chi connectivity index (χ1v) is 9.68. The minimum atomic E-state index is 0.747. The van der Waals surface area contributed by atoms with Crippen molar-refractivity contribution >= 4 is 22.5 Å². The van der Waals surface area contributed by atoms with Crippen LogP contribution in [0.4, 0.5) is 0 Å². The zero-order valence-corrected chi connectivity index (χ0v) is 15.0. The highest BCUT2D eigenvalue weighted by Gasteiger charge is 2.25. The van der Waals surface area contributed by atoms with Crippen molar-refractivity contribution in [3.8, 4) is 0 Å². The summed E-state index contributed by atoms with van der Waals surface area (Å²) in [6.07, 6.45) is 7.10. The van der Waals surface area contributed by atoms with Gasteiger partial charge in [0.15, 0.2) is 0 Å². The molecule has 2 heterocycles. The minimum absolute atomic E-state index is 0.747. The number of nitrogens with zero attached hydrogens (tertiary/aromatic N) is 3. The Kier molecular flexibility index (Phi) is 5.02. The molecule has 1 aromatic heterocycles. The first-order valence-electron chi connectivity index (χ1n) is 9.30. The average molecular weight is 344 g/mol. The molecule has 2 fully saturated rings. The Labute approximate surface area is 149 Å². The summed E-state index contributed by atoms with van der Waals surface area (Å²) in [6.45, 7) is 5.65. The maximum absolute atomic E-state index is 6.29. The largest absolute Gasteiger partial charge is 0.298 e. The zero-order chi connectivity index (χ0) is 16.4. The van der Waals surface area contributed by atoms with Crippen LogP contribution in [0, 0.1) is 0 Å². The average Bonchev–Trinajstić information content (AvgIpc) is 2.64. The van der Waals surface area contributed by atoms with Crippen LogP contribution in [0.2, 0.25) is 5.02 Å². The monoisotopic (exact) mass is 343 g/mol. The summed E-state index contributed by atoms with van der Waals surface area (Å²) in [4.78, 5) is 10.0. The number of fused-ring (bicyclic) bond motifs is 1. The third-order valence-electron chi connectivity index (χ3n) is 5.61. The number of benzene rings is 1. The highest BCUT2D eigenvalue weighted by atomic mass is 35.5. The first-order chi connectivity index (χ1) is 11.8. The normalized spacial score (nSPS) is 21.4. The van der Waals surface area contributed by atoms with Gasteiger partial charge in [0.1, 0.15) is 0 Å². The summed E-state index contributed by atoms with van der Waals surface area (Å²) >= 11 is 6.29. The van der Waals surface area contributed by atoms with Crippen molar-refractivity contribution in [3.63, 3.8) is 0 Å². The van der Waals surface area contributed by atoms with Crippen molar-refractivity contribution in [2.24, 2.45) is 0 Å². The van der Waals surface area contributed by atoms with E-state index in [9.17, 15) is 0 Å². The van der Waals surface area contributed by atoms with E-state index in [1.807, 2.05) is 12.1 Å². The van der Waals surface area contributed by atoms with E-state index >= 15 is 0 Å². The lowest BCUT2D eigenvalue weighted by Crippen LogP contribution is -2.50. The molecule has 2 aromatic rings. The van der Waals surface area contributed by atoms with E-state index in [1.54, 1.807) is 0 Å². The van der Waals surface area contributed by atoms with Crippen LogP contribution in [0.15, 0.2) is 30.3 Å². The Morgan fingerprint density at radius 3 is 2.54 bits per heavy atom. The zero-order valence-electron chi connectivity index (χ0n) is 14.3. The van der Waals surface area contributed by atoms with Crippen molar-refractivity contribution in [3.05, 3.63) is 41.0 Å². The van der Waals surface area contributed by atoms with Crippen LogP contribution in [0.25, 0.3) is 10.9 Å². The molecule has 1 aromatic carbocycles. The fourth-order valence-electron chi connectivity index (χ4n) is 4.20. The summed E-state index contributed by atoms with van der Waals surface area (Å²) in [6, 6.07) is 11.1. The van der Waals surface area contributed by atoms with Crippen molar-refractivity contribution < 1.29 is 0 Å². The molecule has 0 spiro atoms. The van der Waals surface area contributed by atoms with E-state index in [4.69, 9.17) is 16.6 Å². The van der Waals surface area contributed by atoms with Gasteiger partial charge < -0.3 is 0 Å². The molecule has 24 heavy (non-hydrogen) atoms. The van der Waals surface area contributed by atoms with E-state index in [0.717, 1.165) is 47.3 Å². The molecule has 0 bridgehead atoms. The highest BCUT2D eigenvalue weighted by Crippen LogP contribution is 2.24. The fraction of sp³-hybridized carbons (Fsp3) is 0.550. The Bertz CT molecular complexity index is 688. The van der Waals surface area contributed by atoms with Crippen LogP contribution in [0.1, 0.15) is 37.8 Å². The minimum Gasteiger partial charge on any atom is -0.298 e. The van der Waals surface area contributed by atoms with Gasteiger partial charge in [-0.25, -0.2) is 4.98 Å². The molecule has 1 saturated heterocycles. The van der Waals surface area contributed by atoms with Gasteiger partial charge in [-0.3, -0.25) is 9.80 Å². The van der Waals surface area contributed by atoms with Crippen molar-refractivity contribution in [1.82, 2.24) is 14.8 Å². The van der Waals surface area contributed by atoms with Crippen LogP contribution in [-0.2, 0) is 6.54 Å². The lowest BCUT2D eigenvalue weighted by atomic mass is 9.94. The highest BCUT2D eigenvalue weighted by molar-refractivity contribution is 6.35. The molecule has 1 aliphatic heterocycles. The van der Waals surface area contributed by atoms with Gasteiger partial charge in [0, 0.05) is 44.2 Å². The van der Waals surface area contributed by atoms with Gasteiger partial charge in [0.05, 0.1) is 16.2 Å². The van der Waals surface area contributed by atoms with E-state index in [2.05, 4.69) is 28.0 Å². The van der Waals surface area contributed by atoms with Gasteiger partial charge >= 0.3 is 0 Å². The molecule has 0 N–H and O–H groups in total. The second kappa shape index (κ2) is 7.38. The van der Waals surface area contributed by atoms with E-state index in [1.165, 1.54) is 45.2 Å². The van der Waals surface area contributed by atoms with Gasteiger partial charge in [-0.15, -0.1) is 0 Å². The third-order valence-corrected chi connectivity index (χ3v) is 5.92. The molecule has 4 heteroatoms. The number of rotatable bonds is 3. The lowest BCUT2D eigenvalue weighted by Gasteiger charge is -2.40. The maximum Gasteiger partial charge on any atom is 0.0891 e. The number of para-hydroxylation sites is 1. The van der Waals surface area contributed by atoms with E-state index in [0.29, 0.717) is 0 Å². The predicted molar refractivity (Wildman–Crippen MR) is 100 cm³/mol. The lowest BCUT2D eigenvalue weighted by molar-refractivity contribution is 0.0749. The number of hydrogen-bond donors (Lipinski definition) is 0. The van der Waals surface area contributed by atoms with E-state index in [-0.39, 0.29) is 0 Å². The molecule has 0 amide bonds. The SMILES string of the molecule is Clc1cccc2ccc(CN3CCN(C4CCCCC4)CC3)nc12. The Morgan fingerprint density at radius 1 is 0.958 bits per heavy atom. The van der Waals surface area contributed by atoms with E-state index < -0.39 is 0 Å². The third kappa shape index (κ3) is 3.58. The van der Waals surface area contributed by atoms with Gasteiger partial charge in [0.2, 0.25) is 0 Å². The Morgan fingerprint density at radius 2 is 1.75 bits per heavy atom. The summed E-state index contributed by atoms with van der Waals surface area (Å²) < 4.78 is 0. The van der Waals surface area contributed by atoms with Crippen LogP contribution >= 0.6 is 11.6 Å². The van der Waals surface area contributed by atoms with Gasteiger partial charge in [0.25, 0.3) is 0 Å². The number of halogens is 1. The molecule has 4 rings (SSSR count). The van der Waals surface area contributed by atoms with Crippen LogP contribution in [0.3, 0.4) is 0 Å². The quantitative estimate of drug-likeness (QED) is 0.826. The molecular formula is C20H26ClN3. The number of hydrogen-bond acceptors (Lipinski definition) is 3. The topological polar surface area (TPSA) is 19.4 Å². The van der Waals surface area contributed by atoms with Gasteiger partial charge in [-0.05, 0) is 25.0 Å². The Hall–Kier alpha value is -1.16. The smallest absolute Gasteiger partial charge is 0.0891 e. The molecule has 1 saturated carbocycles. The number of aromatic nitrogens is 1.